The molecule has 0 spiro atoms. The van der Waals surface area contributed by atoms with Gasteiger partial charge >= 0.3 is 5.97 Å². The fourth-order valence-corrected chi connectivity index (χ4v) is 5.61. The van der Waals surface area contributed by atoms with Crippen molar-refractivity contribution in [2.24, 2.45) is 17.8 Å². The van der Waals surface area contributed by atoms with Crippen molar-refractivity contribution in [1.29, 1.82) is 0 Å². The van der Waals surface area contributed by atoms with Gasteiger partial charge in [0.15, 0.2) is 0 Å². The van der Waals surface area contributed by atoms with Gasteiger partial charge in [-0.2, -0.15) is 0 Å². The molecule has 140 valence electrons. The second-order valence-electron chi connectivity index (χ2n) is 8.72. The summed E-state index contributed by atoms with van der Waals surface area (Å²) >= 11 is 0. The number of carbonyl (C=O) groups excluding carboxylic acids is 2. The first kappa shape index (κ1) is 17.3. The van der Waals surface area contributed by atoms with E-state index in [4.69, 9.17) is 4.74 Å². The molecule has 4 aliphatic rings. The minimum Gasteiger partial charge on any atom is -0.462 e. The molecule has 0 saturated carbocycles. The Morgan fingerprint density at radius 3 is 2.80 bits per heavy atom. The highest BCUT2D eigenvalue weighted by Crippen LogP contribution is 2.43. The lowest BCUT2D eigenvalue weighted by Crippen LogP contribution is -2.65. The normalized spacial score (nSPS) is 39.4. The van der Waals surface area contributed by atoms with Crippen molar-refractivity contribution in [1.82, 2.24) is 9.80 Å². The van der Waals surface area contributed by atoms with Crippen LogP contribution in [0.2, 0.25) is 0 Å². The molecule has 25 heavy (non-hydrogen) atoms. The molecule has 4 saturated heterocycles. The fourth-order valence-electron chi connectivity index (χ4n) is 5.61. The first-order chi connectivity index (χ1) is 12.1. The highest BCUT2D eigenvalue weighted by Gasteiger charge is 2.49. The quantitative estimate of drug-likeness (QED) is 0.735. The number of amides is 1. The van der Waals surface area contributed by atoms with Crippen molar-refractivity contribution in [3.05, 3.63) is 0 Å². The molecule has 4 fully saturated rings. The van der Waals surface area contributed by atoms with Gasteiger partial charge in [0.05, 0.1) is 5.92 Å². The average molecular weight is 348 g/mol. The summed E-state index contributed by atoms with van der Waals surface area (Å²) in [5.74, 6) is 1.54. The molecule has 1 amide bonds. The number of nitrogens with zero attached hydrogens (tertiary/aromatic N) is 2. The van der Waals surface area contributed by atoms with Crippen LogP contribution in [0.4, 0.5) is 0 Å². The number of ether oxygens (including phenoxy) is 1. The van der Waals surface area contributed by atoms with Gasteiger partial charge < -0.3 is 9.64 Å². The van der Waals surface area contributed by atoms with E-state index in [1.165, 1.54) is 12.8 Å². The maximum atomic E-state index is 12.4. The highest BCUT2D eigenvalue weighted by atomic mass is 16.5. The van der Waals surface area contributed by atoms with E-state index >= 15 is 0 Å². The van der Waals surface area contributed by atoms with Gasteiger partial charge in [-0.05, 0) is 43.9 Å². The van der Waals surface area contributed by atoms with Crippen LogP contribution in [0, 0.1) is 17.8 Å². The second-order valence-corrected chi connectivity index (χ2v) is 8.72. The van der Waals surface area contributed by atoms with E-state index in [-0.39, 0.29) is 18.0 Å². The van der Waals surface area contributed by atoms with Gasteiger partial charge in [0.2, 0.25) is 5.91 Å². The summed E-state index contributed by atoms with van der Waals surface area (Å²) in [6.07, 6.45) is 7.06. The van der Waals surface area contributed by atoms with Crippen LogP contribution >= 0.6 is 0 Å². The van der Waals surface area contributed by atoms with Crippen LogP contribution in [0.25, 0.3) is 0 Å². The van der Waals surface area contributed by atoms with Crippen LogP contribution < -0.4 is 0 Å². The summed E-state index contributed by atoms with van der Waals surface area (Å²) in [6.45, 7) is 7.07. The predicted octanol–water partition coefficient (Wildman–Crippen LogP) is 2.44. The van der Waals surface area contributed by atoms with E-state index in [0.717, 1.165) is 51.7 Å². The monoisotopic (exact) mass is 348 g/mol. The van der Waals surface area contributed by atoms with Gasteiger partial charge in [-0.3, -0.25) is 14.5 Å². The zero-order chi connectivity index (χ0) is 17.6. The summed E-state index contributed by atoms with van der Waals surface area (Å²) in [4.78, 5) is 29.4. The van der Waals surface area contributed by atoms with Crippen molar-refractivity contribution in [2.45, 2.75) is 77.0 Å². The van der Waals surface area contributed by atoms with Crippen molar-refractivity contribution >= 4 is 11.9 Å². The molecule has 0 N–H and O–H groups in total. The standard InChI is InChI=1S/C20H32N2O3/c1-3-13(2)20(24)25-16-7-8-21-11-14-9-15(18(21)10-16)12-22-17(14)5-4-6-19(22)23/h13-18H,3-12H2,1-2H3/t13?,14?,15?,16-,17?,18?/m0/s1. The van der Waals surface area contributed by atoms with Crippen LogP contribution in [-0.4, -0.2) is 59.5 Å². The lowest BCUT2D eigenvalue weighted by molar-refractivity contribution is -0.162. The Hall–Kier alpha value is -1.10. The topological polar surface area (TPSA) is 49.9 Å². The zero-order valence-corrected chi connectivity index (χ0v) is 15.7. The summed E-state index contributed by atoms with van der Waals surface area (Å²) in [5.41, 5.74) is 0. The maximum absolute atomic E-state index is 12.4. The highest BCUT2D eigenvalue weighted by molar-refractivity contribution is 5.77. The van der Waals surface area contributed by atoms with Crippen LogP contribution in [0.3, 0.4) is 0 Å². The third-order valence-electron chi connectivity index (χ3n) is 7.21. The smallest absolute Gasteiger partial charge is 0.308 e. The second kappa shape index (κ2) is 6.90. The van der Waals surface area contributed by atoms with Crippen LogP contribution in [0.5, 0.6) is 0 Å². The van der Waals surface area contributed by atoms with E-state index in [2.05, 4.69) is 9.80 Å². The summed E-state index contributed by atoms with van der Waals surface area (Å²) in [7, 11) is 0. The Kier molecular flexibility index (Phi) is 4.78. The average Bonchev–Trinajstić information content (AvgIpc) is 2.62. The summed E-state index contributed by atoms with van der Waals surface area (Å²) in [5, 5.41) is 0. The van der Waals surface area contributed by atoms with Gasteiger partial charge in [-0.15, -0.1) is 0 Å². The van der Waals surface area contributed by atoms with Crippen molar-refractivity contribution < 1.29 is 14.3 Å². The Balaban J connectivity index is 1.43. The number of carbonyl (C=O) groups is 2. The predicted molar refractivity (Wildman–Crippen MR) is 94.9 cm³/mol. The lowest BCUT2D eigenvalue weighted by Gasteiger charge is -2.57. The number of hydrogen-bond acceptors (Lipinski definition) is 4. The van der Waals surface area contributed by atoms with Crippen molar-refractivity contribution in [2.75, 3.05) is 19.6 Å². The molecule has 0 aromatic rings. The number of esters is 1. The van der Waals surface area contributed by atoms with Crippen molar-refractivity contribution in [3.63, 3.8) is 0 Å². The Morgan fingerprint density at radius 1 is 1.20 bits per heavy atom. The van der Waals surface area contributed by atoms with Gasteiger partial charge in [0.1, 0.15) is 6.10 Å². The minimum absolute atomic E-state index is 0.00447. The molecule has 5 heteroatoms. The van der Waals surface area contributed by atoms with Gasteiger partial charge in [0.25, 0.3) is 0 Å². The molecule has 4 heterocycles. The molecule has 2 bridgehead atoms. The van der Waals surface area contributed by atoms with E-state index < -0.39 is 0 Å². The Bertz CT molecular complexity index is 537. The Labute approximate surface area is 151 Å². The zero-order valence-electron chi connectivity index (χ0n) is 15.7. The summed E-state index contributed by atoms with van der Waals surface area (Å²) in [6, 6.07) is 0.967. The molecule has 4 rings (SSSR count). The number of rotatable bonds is 3. The third kappa shape index (κ3) is 3.20. The Morgan fingerprint density at radius 2 is 2.00 bits per heavy atom. The molecule has 6 atom stereocenters. The molecule has 0 aromatic heterocycles. The van der Waals surface area contributed by atoms with Crippen molar-refractivity contribution in [3.8, 4) is 0 Å². The van der Waals surface area contributed by atoms with E-state index in [1.807, 2.05) is 13.8 Å². The third-order valence-corrected chi connectivity index (χ3v) is 7.21. The molecular formula is C20H32N2O3. The maximum Gasteiger partial charge on any atom is 0.308 e. The van der Waals surface area contributed by atoms with E-state index in [1.54, 1.807) is 0 Å². The molecule has 0 aliphatic carbocycles. The molecule has 0 radical (unpaired) electrons. The van der Waals surface area contributed by atoms with Gasteiger partial charge in [-0.1, -0.05) is 13.8 Å². The van der Waals surface area contributed by atoms with Gasteiger partial charge in [-0.25, -0.2) is 0 Å². The minimum atomic E-state index is -0.0375. The largest absolute Gasteiger partial charge is 0.462 e. The van der Waals surface area contributed by atoms with E-state index in [0.29, 0.717) is 29.8 Å². The van der Waals surface area contributed by atoms with Crippen LogP contribution in [0.15, 0.2) is 0 Å². The SMILES string of the molecule is CCC(C)C(=O)O[C@H]1CCN2CC3CC(CN4C(=O)CCCC34)C2C1. The molecule has 5 nitrogen and oxygen atoms in total. The lowest BCUT2D eigenvalue weighted by atomic mass is 9.70. The van der Waals surface area contributed by atoms with Gasteiger partial charge in [0, 0.05) is 44.6 Å². The fraction of sp³-hybridized carbons (Fsp3) is 0.900. The number of fused-ring (bicyclic) bond motifs is 6. The summed E-state index contributed by atoms with van der Waals surface area (Å²) < 4.78 is 5.81. The molecule has 4 aliphatic heterocycles. The molecular weight excluding hydrogens is 316 g/mol. The molecule has 0 aromatic carbocycles. The van der Waals surface area contributed by atoms with Crippen LogP contribution in [0.1, 0.15) is 58.8 Å². The van der Waals surface area contributed by atoms with E-state index in [9.17, 15) is 9.59 Å². The first-order valence-electron chi connectivity index (χ1n) is 10.3. The number of hydrogen-bond donors (Lipinski definition) is 0. The molecule has 5 unspecified atom stereocenters. The number of piperidine rings is 4. The first-order valence-corrected chi connectivity index (χ1v) is 10.3. The van der Waals surface area contributed by atoms with Crippen LogP contribution in [-0.2, 0) is 14.3 Å².